The van der Waals surface area contributed by atoms with Crippen molar-refractivity contribution in [3.05, 3.63) is 88.5 Å². The summed E-state index contributed by atoms with van der Waals surface area (Å²) in [5.74, 6) is 0.972. The van der Waals surface area contributed by atoms with Crippen LogP contribution in [-0.2, 0) is 0 Å². The molecule has 0 unspecified atom stereocenters. The molecule has 0 spiro atoms. The first-order valence-corrected chi connectivity index (χ1v) is 10.0. The van der Waals surface area contributed by atoms with Crippen molar-refractivity contribution in [2.24, 2.45) is 0 Å². The Morgan fingerprint density at radius 1 is 0.871 bits per heavy atom. The molecular formula is C24H19N5O2. The Balaban J connectivity index is 1.81. The minimum absolute atomic E-state index is 0.0114. The molecule has 2 aromatic heterocycles. The quantitative estimate of drug-likeness (QED) is 0.282. The van der Waals surface area contributed by atoms with E-state index in [1.165, 1.54) is 17.7 Å². The Morgan fingerprint density at radius 3 is 2.26 bits per heavy atom. The van der Waals surface area contributed by atoms with E-state index in [0.717, 1.165) is 16.7 Å². The van der Waals surface area contributed by atoms with E-state index in [1.807, 2.05) is 47.0 Å². The van der Waals surface area contributed by atoms with Gasteiger partial charge in [0.25, 0.3) is 5.69 Å². The predicted octanol–water partition coefficient (Wildman–Crippen LogP) is 5.67. The highest BCUT2D eigenvalue weighted by Gasteiger charge is 2.19. The van der Waals surface area contributed by atoms with Gasteiger partial charge in [-0.15, -0.1) is 0 Å². The number of nitro groups is 1. The fourth-order valence-electron chi connectivity index (χ4n) is 3.66. The van der Waals surface area contributed by atoms with Crippen molar-refractivity contribution in [1.82, 2.24) is 19.5 Å². The summed E-state index contributed by atoms with van der Waals surface area (Å²) in [6.45, 7) is 4.29. The van der Waals surface area contributed by atoms with Crippen LogP contribution in [0, 0.1) is 10.1 Å². The topological polar surface area (TPSA) is 86.7 Å². The average Bonchev–Trinajstić information content (AvgIpc) is 3.16. The lowest BCUT2D eigenvalue weighted by Crippen LogP contribution is -2.00. The van der Waals surface area contributed by atoms with Crippen molar-refractivity contribution in [3.8, 4) is 17.1 Å². The summed E-state index contributed by atoms with van der Waals surface area (Å²) in [6, 6.07) is 22.3. The molecule has 31 heavy (non-hydrogen) atoms. The number of nitro benzene ring substituents is 1. The molecule has 0 saturated carbocycles. The molecule has 152 valence electrons. The molecule has 0 radical (unpaired) electrons. The van der Waals surface area contributed by atoms with E-state index in [1.54, 1.807) is 6.07 Å². The molecule has 0 saturated heterocycles. The minimum Gasteiger partial charge on any atom is -0.275 e. The van der Waals surface area contributed by atoms with Gasteiger partial charge in [-0.3, -0.25) is 14.7 Å². The van der Waals surface area contributed by atoms with Crippen molar-refractivity contribution in [3.63, 3.8) is 0 Å². The third-order valence-electron chi connectivity index (χ3n) is 5.30. The van der Waals surface area contributed by atoms with Crippen molar-refractivity contribution in [2.75, 3.05) is 0 Å². The molecular weight excluding hydrogens is 390 g/mol. The summed E-state index contributed by atoms with van der Waals surface area (Å²) in [5.41, 5.74) is 5.36. The van der Waals surface area contributed by atoms with E-state index in [9.17, 15) is 10.1 Å². The maximum Gasteiger partial charge on any atom is 0.270 e. The molecule has 0 fully saturated rings. The number of hydrogen-bond acceptors (Lipinski definition) is 5. The van der Waals surface area contributed by atoms with Crippen LogP contribution in [-0.4, -0.2) is 24.4 Å². The van der Waals surface area contributed by atoms with Gasteiger partial charge in [-0.1, -0.05) is 50.2 Å². The Hall–Kier alpha value is -4.13. The third-order valence-corrected chi connectivity index (χ3v) is 5.30. The second kappa shape index (κ2) is 7.28. The molecule has 0 aliphatic carbocycles. The van der Waals surface area contributed by atoms with Gasteiger partial charge in [0, 0.05) is 23.4 Å². The van der Waals surface area contributed by atoms with E-state index >= 15 is 0 Å². The molecule has 0 atom stereocenters. The second-order valence-electron chi connectivity index (χ2n) is 7.68. The monoisotopic (exact) mass is 409 g/mol. The van der Waals surface area contributed by atoms with Gasteiger partial charge in [-0.2, -0.15) is 0 Å². The smallest absolute Gasteiger partial charge is 0.270 e. The summed E-state index contributed by atoms with van der Waals surface area (Å²) in [7, 11) is 0. The van der Waals surface area contributed by atoms with Crippen LogP contribution < -0.4 is 0 Å². The highest BCUT2D eigenvalue weighted by atomic mass is 16.6. The fourth-order valence-corrected chi connectivity index (χ4v) is 3.66. The van der Waals surface area contributed by atoms with Gasteiger partial charge in [0.05, 0.1) is 16.0 Å². The number of fused-ring (bicyclic) bond motifs is 2. The number of nitrogens with zero attached hydrogens (tertiary/aromatic N) is 5. The lowest BCUT2D eigenvalue weighted by Gasteiger charge is -2.11. The molecule has 5 aromatic rings. The standard InChI is InChI=1S/C24H19N5O2/c1-15(2)16-10-12-18(13-11-16)28-23(17-6-5-7-19(14-17)29(30)31)27-22-24(28)26-21-9-4-3-8-20(21)25-22/h3-15H,1-2H3. The van der Waals surface area contributed by atoms with Crippen LogP contribution in [0.25, 0.3) is 39.4 Å². The van der Waals surface area contributed by atoms with Gasteiger partial charge in [0.2, 0.25) is 0 Å². The first-order valence-electron chi connectivity index (χ1n) is 10.0. The maximum absolute atomic E-state index is 11.3. The number of rotatable bonds is 4. The molecule has 0 bridgehead atoms. The summed E-state index contributed by atoms with van der Waals surface area (Å²) < 4.78 is 1.91. The van der Waals surface area contributed by atoms with Crippen LogP contribution in [0.1, 0.15) is 25.3 Å². The van der Waals surface area contributed by atoms with E-state index in [0.29, 0.717) is 28.6 Å². The zero-order valence-electron chi connectivity index (χ0n) is 17.1. The van der Waals surface area contributed by atoms with Gasteiger partial charge in [0.15, 0.2) is 11.3 Å². The SMILES string of the molecule is CC(C)c1ccc(-n2c(-c3cccc([N+](=O)[O-])c3)nc3nc4ccccc4nc32)cc1. The van der Waals surface area contributed by atoms with Crippen molar-refractivity contribution in [1.29, 1.82) is 0 Å². The molecule has 0 N–H and O–H groups in total. The number of aromatic nitrogens is 4. The maximum atomic E-state index is 11.3. The first-order chi connectivity index (χ1) is 15.0. The van der Waals surface area contributed by atoms with Gasteiger partial charge >= 0.3 is 0 Å². The molecule has 7 nitrogen and oxygen atoms in total. The zero-order chi connectivity index (χ0) is 21.5. The Labute approximate surface area is 178 Å². The van der Waals surface area contributed by atoms with Gasteiger partial charge in [-0.05, 0) is 35.7 Å². The number of benzene rings is 3. The first kappa shape index (κ1) is 18.9. The Kier molecular flexibility index (Phi) is 4.43. The Morgan fingerprint density at radius 2 is 1.58 bits per heavy atom. The molecule has 7 heteroatoms. The molecule has 0 aliphatic heterocycles. The second-order valence-corrected chi connectivity index (χ2v) is 7.68. The summed E-state index contributed by atoms with van der Waals surface area (Å²) >= 11 is 0. The number of hydrogen-bond donors (Lipinski definition) is 0. The largest absolute Gasteiger partial charge is 0.275 e. The van der Waals surface area contributed by atoms with Crippen molar-refractivity contribution < 1.29 is 4.92 Å². The number of imidazole rings is 1. The molecule has 0 amide bonds. The van der Waals surface area contributed by atoms with Crippen LogP contribution in [0.3, 0.4) is 0 Å². The van der Waals surface area contributed by atoms with E-state index < -0.39 is 4.92 Å². The normalized spacial score (nSPS) is 11.5. The van der Waals surface area contributed by atoms with Gasteiger partial charge < -0.3 is 0 Å². The van der Waals surface area contributed by atoms with E-state index in [4.69, 9.17) is 9.97 Å². The summed E-state index contributed by atoms with van der Waals surface area (Å²) in [6.07, 6.45) is 0. The average molecular weight is 409 g/mol. The third kappa shape index (κ3) is 3.30. The van der Waals surface area contributed by atoms with Crippen molar-refractivity contribution >= 4 is 28.0 Å². The highest BCUT2D eigenvalue weighted by molar-refractivity contribution is 5.86. The number of para-hydroxylation sites is 2. The Bertz CT molecular complexity index is 1440. The molecule has 0 aliphatic rings. The molecule has 2 heterocycles. The lowest BCUT2D eigenvalue weighted by molar-refractivity contribution is -0.384. The van der Waals surface area contributed by atoms with Crippen molar-refractivity contribution in [2.45, 2.75) is 19.8 Å². The molecule has 3 aromatic carbocycles. The highest BCUT2D eigenvalue weighted by Crippen LogP contribution is 2.30. The predicted molar refractivity (Wildman–Crippen MR) is 120 cm³/mol. The minimum atomic E-state index is -0.404. The van der Waals surface area contributed by atoms with Gasteiger partial charge in [0.1, 0.15) is 5.82 Å². The lowest BCUT2D eigenvalue weighted by atomic mass is 10.0. The van der Waals surface area contributed by atoms with Crippen LogP contribution >= 0.6 is 0 Å². The van der Waals surface area contributed by atoms with Crippen LogP contribution in [0.5, 0.6) is 0 Å². The van der Waals surface area contributed by atoms with E-state index in [2.05, 4.69) is 31.0 Å². The van der Waals surface area contributed by atoms with Crippen LogP contribution in [0.4, 0.5) is 5.69 Å². The zero-order valence-corrected chi connectivity index (χ0v) is 17.1. The van der Waals surface area contributed by atoms with Gasteiger partial charge in [-0.25, -0.2) is 15.0 Å². The van der Waals surface area contributed by atoms with Crippen LogP contribution in [0.15, 0.2) is 72.8 Å². The van der Waals surface area contributed by atoms with Crippen LogP contribution in [0.2, 0.25) is 0 Å². The number of non-ortho nitro benzene ring substituents is 1. The summed E-state index contributed by atoms with van der Waals surface area (Å²) in [5, 5.41) is 11.3. The van der Waals surface area contributed by atoms with E-state index in [-0.39, 0.29) is 5.69 Å². The molecule has 5 rings (SSSR count). The fraction of sp³-hybridized carbons (Fsp3) is 0.125. The summed E-state index contributed by atoms with van der Waals surface area (Å²) in [4.78, 5) is 25.2.